The van der Waals surface area contributed by atoms with Crippen molar-refractivity contribution in [3.05, 3.63) is 52.9 Å². The third-order valence-corrected chi connectivity index (χ3v) is 3.66. The molecule has 0 amide bonds. The first-order valence-corrected chi connectivity index (χ1v) is 6.77. The van der Waals surface area contributed by atoms with Crippen molar-refractivity contribution in [2.24, 2.45) is 0 Å². The highest BCUT2D eigenvalue weighted by Crippen LogP contribution is 2.24. The fourth-order valence-electron chi connectivity index (χ4n) is 2.04. The average molecular weight is 292 g/mol. The summed E-state index contributed by atoms with van der Waals surface area (Å²) in [6.07, 6.45) is 1.74. The molecule has 96 valence electrons. The molecule has 0 aliphatic rings. The van der Waals surface area contributed by atoms with Gasteiger partial charge in [-0.25, -0.2) is 9.97 Å². The van der Waals surface area contributed by atoms with Gasteiger partial charge in [0.15, 0.2) is 5.65 Å². The van der Waals surface area contributed by atoms with Crippen LogP contribution in [0.4, 0.5) is 0 Å². The first-order valence-electron chi connectivity index (χ1n) is 5.85. The minimum absolute atomic E-state index is 0.321. The van der Waals surface area contributed by atoms with Crippen LogP contribution in [0, 0.1) is 6.92 Å². The zero-order chi connectivity index (χ0) is 13.4. The predicted octanol–water partition coefficient (Wildman–Crippen LogP) is 4.12. The van der Waals surface area contributed by atoms with E-state index in [2.05, 4.69) is 9.97 Å². The van der Waals surface area contributed by atoms with E-state index < -0.39 is 0 Å². The van der Waals surface area contributed by atoms with E-state index in [1.165, 1.54) is 0 Å². The lowest BCUT2D eigenvalue weighted by atomic mass is 10.2. The summed E-state index contributed by atoms with van der Waals surface area (Å²) in [6, 6.07) is 9.66. The highest BCUT2D eigenvalue weighted by molar-refractivity contribution is 6.31. The van der Waals surface area contributed by atoms with E-state index in [0.29, 0.717) is 5.88 Å². The molecule has 2 heterocycles. The summed E-state index contributed by atoms with van der Waals surface area (Å²) >= 11 is 12.2. The van der Waals surface area contributed by atoms with Crippen LogP contribution in [0.5, 0.6) is 0 Å². The molecule has 5 heteroatoms. The van der Waals surface area contributed by atoms with Gasteiger partial charge in [-0.15, -0.1) is 11.6 Å². The summed E-state index contributed by atoms with van der Waals surface area (Å²) in [5.41, 5.74) is 3.58. The summed E-state index contributed by atoms with van der Waals surface area (Å²) in [6.45, 7) is 1.97. The Kier molecular flexibility index (Phi) is 3.17. The van der Waals surface area contributed by atoms with E-state index >= 15 is 0 Å². The minimum atomic E-state index is 0.321. The lowest BCUT2D eigenvalue weighted by Gasteiger charge is -2.08. The third-order valence-electron chi connectivity index (χ3n) is 3.02. The Labute approximate surface area is 120 Å². The van der Waals surface area contributed by atoms with Crippen molar-refractivity contribution in [2.75, 3.05) is 0 Å². The monoisotopic (exact) mass is 291 g/mol. The molecule has 2 aromatic heterocycles. The summed E-state index contributed by atoms with van der Waals surface area (Å²) < 4.78 is 1.94. The van der Waals surface area contributed by atoms with E-state index in [1.54, 1.807) is 6.20 Å². The summed E-state index contributed by atoms with van der Waals surface area (Å²) in [7, 11) is 0. The molecule has 0 unspecified atom stereocenters. The number of pyridine rings is 1. The fourth-order valence-corrected chi connectivity index (χ4v) is 2.40. The van der Waals surface area contributed by atoms with Crippen molar-refractivity contribution < 1.29 is 0 Å². The Balaban J connectivity index is 2.31. The topological polar surface area (TPSA) is 30.7 Å². The molecule has 1 aromatic carbocycles. The molecular weight excluding hydrogens is 281 g/mol. The number of aryl methyl sites for hydroxylation is 1. The van der Waals surface area contributed by atoms with E-state index in [0.717, 1.165) is 33.3 Å². The van der Waals surface area contributed by atoms with E-state index in [1.807, 2.05) is 41.8 Å². The third kappa shape index (κ3) is 2.09. The number of alkyl halides is 1. The minimum Gasteiger partial charge on any atom is -0.280 e. The second kappa shape index (κ2) is 4.83. The van der Waals surface area contributed by atoms with Crippen molar-refractivity contribution in [3.63, 3.8) is 0 Å². The van der Waals surface area contributed by atoms with Gasteiger partial charge in [-0.2, -0.15) is 0 Å². The molecule has 19 heavy (non-hydrogen) atoms. The first-order chi connectivity index (χ1) is 9.20. The number of hydrogen-bond donors (Lipinski definition) is 0. The van der Waals surface area contributed by atoms with Crippen LogP contribution in [0.25, 0.3) is 16.9 Å². The van der Waals surface area contributed by atoms with E-state index in [-0.39, 0.29) is 0 Å². The summed E-state index contributed by atoms with van der Waals surface area (Å²) in [5, 5.41) is 0.718. The van der Waals surface area contributed by atoms with Crippen LogP contribution in [0.1, 0.15) is 11.4 Å². The average Bonchev–Trinajstić information content (AvgIpc) is 2.80. The van der Waals surface area contributed by atoms with Gasteiger partial charge < -0.3 is 0 Å². The number of nitrogens with zero attached hydrogens (tertiary/aromatic N) is 3. The highest BCUT2D eigenvalue weighted by Gasteiger charge is 2.12. The van der Waals surface area contributed by atoms with Crippen molar-refractivity contribution in [1.29, 1.82) is 0 Å². The van der Waals surface area contributed by atoms with Crippen LogP contribution in [0.15, 0.2) is 36.5 Å². The van der Waals surface area contributed by atoms with Crippen molar-refractivity contribution in [2.45, 2.75) is 12.8 Å². The number of hydrogen-bond acceptors (Lipinski definition) is 2. The smallest absolute Gasteiger partial charge is 0.164 e. The van der Waals surface area contributed by atoms with E-state index in [9.17, 15) is 0 Å². The van der Waals surface area contributed by atoms with Crippen molar-refractivity contribution in [3.8, 4) is 5.69 Å². The van der Waals surface area contributed by atoms with Gasteiger partial charge >= 0.3 is 0 Å². The largest absolute Gasteiger partial charge is 0.280 e. The molecule has 0 saturated heterocycles. The van der Waals surface area contributed by atoms with Gasteiger partial charge in [0.1, 0.15) is 11.3 Å². The molecule has 0 N–H and O–H groups in total. The zero-order valence-electron chi connectivity index (χ0n) is 10.3. The quantitative estimate of drug-likeness (QED) is 0.665. The molecule has 3 nitrogen and oxygen atoms in total. The number of imidazole rings is 1. The first kappa shape index (κ1) is 12.5. The Morgan fingerprint density at radius 2 is 2.11 bits per heavy atom. The Morgan fingerprint density at radius 3 is 2.84 bits per heavy atom. The molecule has 0 fully saturated rings. The predicted molar refractivity (Wildman–Crippen MR) is 78.2 cm³/mol. The molecule has 3 aromatic rings. The molecule has 0 aliphatic heterocycles. The second-order valence-electron chi connectivity index (χ2n) is 4.28. The lowest BCUT2D eigenvalue weighted by Crippen LogP contribution is -2.00. The molecule has 0 radical (unpaired) electrons. The number of halogens is 2. The van der Waals surface area contributed by atoms with Crippen LogP contribution < -0.4 is 0 Å². The fraction of sp³-hybridized carbons (Fsp3) is 0.143. The van der Waals surface area contributed by atoms with E-state index in [4.69, 9.17) is 23.2 Å². The molecule has 0 aliphatic carbocycles. The number of benzene rings is 1. The number of fused-ring (bicyclic) bond motifs is 1. The molecular formula is C14H11Cl2N3. The standard InChI is InChI=1S/C14H11Cl2N3/c1-9-4-5-10(7-11(9)16)19-13(8-15)18-12-3-2-6-17-14(12)19/h2-7H,8H2,1H3. The van der Waals surface area contributed by atoms with Gasteiger partial charge in [-0.1, -0.05) is 17.7 Å². The van der Waals surface area contributed by atoms with Crippen molar-refractivity contribution in [1.82, 2.24) is 14.5 Å². The van der Waals surface area contributed by atoms with Crippen LogP contribution >= 0.6 is 23.2 Å². The Hall–Kier alpha value is -1.58. The molecule has 0 saturated carbocycles. The maximum atomic E-state index is 6.19. The van der Waals surface area contributed by atoms with Crippen LogP contribution in [-0.4, -0.2) is 14.5 Å². The molecule has 0 atom stereocenters. The van der Waals surface area contributed by atoms with Crippen LogP contribution in [0.3, 0.4) is 0 Å². The van der Waals surface area contributed by atoms with Gasteiger partial charge in [-0.05, 0) is 36.8 Å². The molecule has 3 rings (SSSR count). The lowest BCUT2D eigenvalue weighted by molar-refractivity contribution is 0.969. The van der Waals surface area contributed by atoms with Gasteiger partial charge in [0.05, 0.1) is 11.6 Å². The zero-order valence-corrected chi connectivity index (χ0v) is 11.8. The number of rotatable bonds is 2. The normalized spacial score (nSPS) is 11.1. The van der Waals surface area contributed by atoms with Crippen LogP contribution in [-0.2, 0) is 5.88 Å². The summed E-state index contributed by atoms with van der Waals surface area (Å²) in [5.74, 6) is 1.08. The van der Waals surface area contributed by atoms with Gasteiger partial charge in [-0.3, -0.25) is 4.57 Å². The number of aromatic nitrogens is 3. The Morgan fingerprint density at radius 1 is 1.26 bits per heavy atom. The SMILES string of the molecule is Cc1ccc(-n2c(CCl)nc3cccnc32)cc1Cl. The van der Waals surface area contributed by atoms with Gasteiger partial charge in [0, 0.05) is 11.2 Å². The van der Waals surface area contributed by atoms with Gasteiger partial charge in [0.2, 0.25) is 0 Å². The Bertz CT molecular complexity index is 750. The summed E-state index contributed by atoms with van der Waals surface area (Å²) in [4.78, 5) is 8.86. The second-order valence-corrected chi connectivity index (χ2v) is 4.95. The molecule has 0 bridgehead atoms. The maximum absolute atomic E-state index is 6.19. The molecule has 0 spiro atoms. The van der Waals surface area contributed by atoms with Gasteiger partial charge in [0.25, 0.3) is 0 Å². The van der Waals surface area contributed by atoms with Crippen molar-refractivity contribution >= 4 is 34.4 Å². The maximum Gasteiger partial charge on any atom is 0.164 e. The van der Waals surface area contributed by atoms with Crippen LogP contribution in [0.2, 0.25) is 5.02 Å². The highest BCUT2D eigenvalue weighted by atomic mass is 35.5.